The van der Waals surface area contributed by atoms with Crippen molar-refractivity contribution in [3.8, 4) is 0 Å². The predicted octanol–water partition coefficient (Wildman–Crippen LogP) is 1.69. The number of carbonyl (C=O) groups is 1. The van der Waals surface area contributed by atoms with Crippen LogP contribution >= 0.6 is 11.8 Å². The zero-order valence-electron chi connectivity index (χ0n) is 9.84. The number of amides is 1. The Morgan fingerprint density at radius 1 is 1.56 bits per heavy atom. The van der Waals surface area contributed by atoms with Crippen molar-refractivity contribution in [2.24, 2.45) is 10.5 Å². The molecule has 1 unspecified atom stereocenters. The van der Waals surface area contributed by atoms with Crippen molar-refractivity contribution < 1.29 is 9.66 Å². The van der Waals surface area contributed by atoms with Gasteiger partial charge in [-0.1, -0.05) is 6.08 Å². The van der Waals surface area contributed by atoms with E-state index in [1.165, 1.54) is 11.8 Å². The molecule has 1 atom stereocenters. The molecule has 6 heteroatoms. The highest BCUT2D eigenvalue weighted by Crippen LogP contribution is 2.49. The quantitative estimate of drug-likeness (QED) is 0.608. The number of hydrogen-bond donors (Lipinski definition) is 1. The molecule has 92 valence electrons. The minimum atomic E-state index is -0.237. The number of nitroso groups, excluding NO2 is 1. The molecule has 1 N–H and O–H groups in total. The Labute approximate surface area is 108 Å². The molecule has 3 rings (SSSR count). The Kier molecular flexibility index (Phi) is 2.48. The molecule has 0 aromatic heterocycles. The summed E-state index contributed by atoms with van der Waals surface area (Å²) in [5.74, 6) is 0.339. The maximum atomic E-state index is 11.4. The minimum Gasteiger partial charge on any atom is -0.329 e. The molecule has 5 nitrogen and oxygen atoms in total. The zero-order chi connectivity index (χ0) is 12.8. The summed E-state index contributed by atoms with van der Waals surface area (Å²) in [5, 5.41) is 6.78. The molecule has 0 spiro atoms. The van der Waals surface area contributed by atoms with Gasteiger partial charge in [0.05, 0.1) is 4.91 Å². The van der Waals surface area contributed by atoms with Gasteiger partial charge in [-0.2, -0.15) is 0 Å². The van der Waals surface area contributed by atoms with Gasteiger partial charge < -0.3 is 5.32 Å². The topological polar surface area (TPSA) is 61.5 Å². The van der Waals surface area contributed by atoms with Gasteiger partial charge in [-0.3, -0.25) is 4.79 Å². The van der Waals surface area contributed by atoms with Gasteiger partial charge in [0.25, 0.3) is 5.88 Å². The van der Waals surface area contributed by atoms with Gasteiger partial charge in [0.1, 0.15) is 5.71 Å². The minimum absolute atomic E-state index is 0.237. The van der Waals surface area contributed by atoms with E-state index in [2.05, 4.69) is 23.4 Å². The fourth-order valence-corrected chi connectivity index (χ4v) is 3.36. The highest BCUT2D eigenvalue weighted by atomic mass is 32.2. The van der Waals surface area contributed by atoms with E-state index >= 15 is 0 Å². The van der Waals surface area contributed by atoms with Crippen LogP contribution in [0.4, 0.5) is 0 Å². The number of nitrogens with one attached hydrogen (secondary N) is 1. The average molecular weight is 262 g/mol. The zero-order valence-corrected chi connectivity index (χ0v) is 10.7. The Morgan fingerprint density at radius 2 is 2.39 bits per heavy atom. The summed E-state index contributed by atoms with van der Waals surface area (Å²) in [7, 11) is 0. The van der Waals surface area contributed by atoms with Gasteiger partial charge in [0.2, 0.25) is 6.41 Å². The van der Waals surface area contributed by atoms with Crippen molar-refractivity contribution in [1.82, 2.24) is 5.32 Å². The average Bonchev–Trinajstić information content (AvgIpc) is 2.63. The molecule has 2 aliphatic carbocycles. The molecule has 0 saturated carbocycles. The van der Waals surface area contributed by atoms with Crippen molar-refractivity contribution >= 4 is 23.9 Å². The molecule has 18 heavy (non-hydrogen) atoms. The second-order valence-electron chi connectivity index (χ2n) is 4.64. The van der Waals surface area contributed by atoms with Crippen LogP contribution in [-0.4, -0.2) is 22.9 Å². The molecule has 1 aliphatic heterocycles. The lowest BCUT2D eigenvalue weighted by Crippen LogP contribution is -2.31. The molecule has 0 aromatic rings. The second-order valence-corrected chi connectivity index (χ2v) is 5.63. The van der Waals surface area contributed by atoms with Gasteiger partial charge in [-0.15, -0.1) is 0 Å². The molecule has 1 heterocycles. The lowest BCUT2D eigenvalue weighted by molar-refractivity contribution is -0.535. The Balaban J connectivity index is 2.04. The third-order valence-electron chi connectivity index (χ3n) is 3.49. The number of rotatable bonds is 2. The molecule has 0 bridgehead atoms. The summed E-state index contributed by atoms with van der Waals surface area (Å²) >= 11 is 1.51. The summed E-state index contributed by atoms with van der Waals surface area (Å²) in [6.07, 6.45) is 7.39. The van der Waals surface area contributed by atoms with Crippen molar-refractivity contribution in [3.63, 3.8) is 0 Å². The van der Waals surface area contributed by atoms with E-state index in [4.69, 9.17) is 0 Å². The lowest BCUT2D eigenvalue weighted by atomic mass is 9.76. The standard InChI is InChI=1S/C12H11N3O2S/c1-12-3-2-9(13-6-16)4-8(12)5-10-11(12)14-15(17)7-18-10/h2,4-6H,3,7H2,1H3/p+1. The summed E-state index contributed by atoms with van der Waals surface area (Å²) in [6, 6.07) is 0. The number of hydrazone groups is 1. The summed E-state index contributed by atoms with van der Waals surface area (Å²) in [5.41, 5.74) is 2.52. The van der Waals surface area contributed by atoms with Crippen LogP contribution in [0.2, 0.25) is 0 Å². The number of hydrogen-bond acceptors (Lipinski definition) is 3. The van der Waals surface area contributed by atoms with Crippen LogP contribution in [0.1, 0.15) is 13.3 Å². The number of carbonyl (C=O) groups excluding carboxylic acids is 1. The first-order valence-electron chi connectivity index (χ1n) is 5.64. The van der Waals surface area contributed by atoms with Crippen molar-refractivity contribution in [2.45, 2.75) is 13.3 Å². The van der Waals surface area contributed by atoms with Crippen LogP contribution in [0.25, 0.3) is 0 Å². The van der Waals surface area contributed by atoms with Gasteiger partial charge in [-0.25, -0.2) is 0 Å². The second kappa shape index (κ2) is 3.91. The van der Waals surface area contributed by atoms with Crippen LogP contribution < -0.4 is 5.32 Å². The van der Waals surface area contributed by atoms with E-state index in [0.717, 1.165) is 33.2 Å². The summed E-state index contributed by atoms with van der Waals surface area (Å²) < 4.78 is 0. The van der Waals surface area contributed by atoms with E-state index in [1.54, 1.807) is 0 Å². The molecule has 0 aromatic carbocycles. The number of thioether (sulfide) groups is 1. The van der Waals surface area contributed by atoms with Crippen LogP contribution in [0.5, 0.6) is 0 Å². The fraction of sp³-hybridized carbons (Fsp3) is 0.333. The van der Waals surface area contributed by atoms with Crippen molar-refractivity contribution in [1.29, 1.82) is 0 Å². The highest BCUT2D eigenvalue weighted by molar-refractivity contribution is 8.03. The first-order chi connectivity index (χ1) is 8.63. The summed E-state index contributed by atoms with van der Waals surface area (Å²) in [4.78, 5) is 23.6. The monoisotopic (exact) mass is 262 g/mol. The Hall–Kier alpha value is -1.69. The van der Waals surface area contributed by atoms with Crippen molar-refractivity contribution in [2.75, 3.05) is 5.88 Å². The molecule has 0 radical (unpaired) electrons. The molecular weight excluding hydrogens is 250 g/mol. The number of allylic oxidation sites excluding steroid dienone is 5. The third-order valence-corrected chi connectivity index (χ3v) is 4.46. The normalized spacial score (nSPS) is 29.5. The van der Waals surface area contributed by atoms with E-state index < -0.39 is 0 Å². The fourth-order valence-electron chi connectivity index (χ4n) is 2.44. The molecule has 3 aliphatic rings. The van der Waals surface area contributed by atoms with Crippen LogP contribution in [0, 0.1) is 10.3 Å². The van der Waals surface area contributed by atoms with E-state index in [1.807, 2.05) is 12.2 Å². The SMILES string of the molecule is CC12CC=C(NC=O)C=C1C=C1SC[N+](=O)N=C12. The van der Waals surface area contributed by atoms with Crippen LogP contribution in [0.3, 0.4) is 0 Å². The van der Waals surface area contributed by atoms with Crippen LogP contribution in [0.15, 0.2) is 39.5 Å². The molecule has 0 saturated heterocycles. The van der Waals surface area contributed by atoms with E-state index in [0.29, 0.717) is 12.3 Å². The largest absolute Gasteiger partial charge is 0.329 e. The predicted molar refractivity (Wildman–Crippen MR) is 69.7 cm³/mol. The number of fused-ring (bicyclic) bond motifs is 3. The Morgan fingerprint density at radius 3 is 3.17 bits per heavy atom. The highest BCUT2D eigenvalue weighted by Gasteiger charge is 2.46. The first kappa shape index (κ1) is 11.4. The van der Waals surface area contributed by atoms with Gasteiger partial charge in [0.15, 0.2) is 4.87 Å². The number of nitrogens with zero attached hydrogens (tertiary/aromatic N) is 2. The van der Waals surface area contributed by atoms with Gasteiger partial charge in [-0.05, 0) is 42.8 Å². The van der Waals surface area contributed by atoms with E-state index in [-0.39, 0.29) is 5.41 Å². The Bertz CT molecular complexity index is 574. The third kappa shape index (κ3) is 1.56. The smallest absolute Gasteiger partial charge is 0.278 e. The lowest BCUT2D eigenvalue weighted by Gasteiger charge is -2.28. The van der Waals surface area contributed by atoms with Crippen molar-refractivity contribution in [3.05, 3.63) is 39.3 Å². The van der Waals surface area contributed by atoms with Gasteiger partial charge in [0, 0.05) is 21.1 Å². The van der Waals surface area contributed by atoms with Crippen LogP contribution in [-0.2, 0) is 4.79 Å². The maximum Gasteiger partial charge on any atom is 0.278 e. The molecule has 1 amide bonds. The van der Waals surface area contributed by atoms with Gasteiger partial charge >= 0.3 is 0 Å². The molecular formula is C12H12N3O2S+. The first-order valence-corrected chi connectivity index (χ1v) is 6.63. The molecule has 0 fully saturated rings. The maximum absolute atomic E-state index is 11.4. The van der Waals surface area contributed by atoms with E-state index in [9.17, 15) is 9.70 Å². The summed E-state index contributed by atoms with van der Waals surface area (Å²) in [6.45, 7) is 2.08.